The highest BCUT2D eigenvalue weighted by molar-refractivity contribution is 6.10. The second kappa shape index (κ2) is 6.75. The van der Waals surface area contributed by atoms with Gasteiger partial charge in [-0.05, 0) is 59.3 Å². The van der Waals surface area contributed by atoms with E-state index in [1.807, 2.05) is 18.5 Å². The molecule has 0 spiro atoms. The summed E-state index contributed by atoms with van der Waals surface area (Å²) >= 11 is 0. The number of nitrogens with zero attached hydrogens (tertiary/aromatic N) is 2. The van der Waals surface area contributed by atoms with Gasteiger partial charge in [0.05, 0.1) is 11.0 Å². The van der Waals surface area contributed by atoms with Gasteiger partial charge in [0.1, 0.15) is 0 Å². The molecular formula is C27H19N3. The van der Waals surface area contributed by atoms with Gasteiger partial charge in [0.2, 0.25) is 0 Å². The number of hydrogen-bond donors (Lipinski definition) is 1. The molecule has 1 N–H and O–H groups in total. The highest BCUT2D eigenvalue weighted by Gasteiger charge is 2.12. The molecule has 3 heteroatoms. The molecule has 0 aliphatic heterocycles. The maximum atomic E-state index is 4.38. The van der Waals surface area contributed by atoms with Crippen molar-refractivity contribution in [3.8, 4) is 5.69 Å². The van der Waals surface area contributed by atoms with Gasteiger partial charge in [-0.3, -0.25) is 4.98 Å². The van der Waals surface area contributed by atoms with Gasteiger partial charge in [0, 0.05) is 40.2 Å². The molecule has 0 amide bonds. The van der Waals surface area contributed by atoms with Crippen LogP contribution in [0.5, 0.6) is 0 Å². The summed E-state index contributed by atoms with van der Waals surface area (Å²) in [5, 5.41) is 8.39. The van der Waals surface area contributed by atoms with Gasteiger partial charge in [0.15, 0.2) is 0 Å². The Morgan fingerprint density at radius 1 is 0.600 bits per heavy atom. The Labute approximate surface area is 174 Å². The summed E-state index contributed by atoms with van der Waals surface area (Å²) < 4.78 is 2.30. The number of fused-ring (bicyclic) bond motifs is 4. The van der Waals surface area contributed by atoms with E-state index in [1.165, 1.54) is 21.7 Å². The number of hydrogen-bond acceptors (Lipinski definition) is 2. The third kappa shape index (κ3) is 2.72. The first-order valence-corrected chi connectivity index (χ1v) is 10.1. The average molecular weight is 385 g/mol. The molecule has 6 rings (SSSR count). The minimum Gasteiger partial charge on any atom is -0.355 e. The Morgan fingerprint density at radius 2 is 1.33 bits per heavy atom. The molecule has 0 bridgehead atoms. The van der Waals surface area contributed by atoms with Crippen LogP contribution in [0.2, 0.25) is 0 Å². The predicted octanol–water partition coefficient (Wildman–Crippen LogP) is 7.08. The lowest BCUT2D eigenvalue weighted by Gasteiger charge is -2.10. The number of aromatic nitrogens is 2. The van der Waals surface area contributed by atoms with Gasteiger partial charge in [0.25, 0.3) is 0 Å². The lowest BCUT2D eigenvalue weighted by atomic mass is 10.1. The van der Waals surface area contributed by atoms with Gasteiger partial charge in [-0.25, -0.2) is 0 Å². The van der Waals surface area contributed by atoms with Crippen LogP contribution in [0.25, 0.3) is 38.3 Å². The maximum absolute atomic E-state index is 4.38. The molecule has 0 saturated carbocycles. The number of pyridine rings is 1. The molecule has 30 heavy (non-hydrogen) atoms. The zero-order chi connectivity index (χ0) is 19.9. The SMILES string of the molecule is c1ccc(-n2c3ccncc3c3cc(Nc4ccc5ccccc5c4)ccc32)cc1. The Morgan fingerprint density at radius 3 is 2.23 bits per heavy atom. The van der Waals surface area contributed by atoms with E-state index in [4.69, 9.17) is 0 Å². The Kier molecular flexibility index (Phi) is 3.78. The van der Waals surface area contributed by atoms with E-state index in [1.54, 1.807) is 0 Å². The van der Waals surface area contributed by atoms with Crippen LogP contribution in [-0.2, 0) is 0 Å². The minimum absolute atomic E-state index is 1.06. The van der Waals surface area contributed by atoms with Crippen molar-refractivity contribution in [3.63, 3.8) is 0 Å². The molecule has 0 fully saturated rings. The van der Waals surface area contributed by atoms with Crippen LogP contribution in [0.15, 0.2) is 109 Å². The van der Waals surface area contributed by atoms with Crippen molar-refractivity contribution < 1.29 is 0 Å². The second-order valence-electron chi connectivity index (χ2n) is 7.48. The highest BCUT2D eigenvalue weighted by Crippen LogP contribution is 2.34. The van der Waals surface area contributed by atoms with Crippen LogP contribution in [0.4, 0.5) is 11.4 Å². The van der Waals surface area contributed by atoms with Gasteiger partial charge in [-0.2, -0.15) is 0 Å². The monoisotopic (exact) mass is 385 g/mol. The summed E-state index contributed by atoms with van der Waals surface area (Å²) in [5.41, 5.74) is 5.63. The van der Waals surface area contributed by atoms with Crippen molar-refractivity contribution >= 4 is 44.0 Å². The molecule has 6 aromatic rings. The second-order valence-corrected chi connectivity index (χ2v) is 7.48. The normalized spacial score (nSPS) is 11.3. The number of nitrogens with one attached hydrogen (secondary N) is 1. The van der Waals surface area contributed by atoms with E-state index in [9.17, 15) is 0 Å². The van der Waals surface area contributed by atoms with E-state index >= 15 is 0 Å². The molecule has 3 nitrogen and oxygen atoms in total. The van der Waals surface area contributed by atoms with Crippen molar-refractivity contribution in [2.24, 2.45) is 0 Å². The van der Waals surface area contributed by atoms with Crippen LogP contribution in [-0.4, -0.2) is 9.55 Å². The van der Waals surface area contributed by atoms with E-state index < -0.39 is 0 Å². The fraction of sp³-hybridized carbons (Fsp3) is 0. The topological polar surface area (TPSA) is 29.9 Å². The Hall–Kier alpha value is -4.11. The Bertz CT molecular complexity index is 1510. The summed E-state index contributed by atoms with van der Waals surface area (Å²) in [6.45, 7) is 0. The van der Waals surface area contributed by atoms with Crippen molar-refractivity contribution in [2.75, 3.05) is 5.32 Å². The van der Waals surface area contributed by atoms with Crippen LogP contribution in [0.1, 0.15) is 0 Å². The van der Waals surface area contributed by atoms with Gasteiger partial charge in [-0.1, -0.05) is 48.5 Å². The zero-order valence-corrected chi connectivity index (χ0v) is 16.3. The van der Waals surface area contributed by atoms with E-state index in [0.717, 1.165) is 28.0 Å². The lowest BCUT2D eigenvalue weighted by Crippen LogP contribution is -1.94. The predicted molar refractivity (Wildman–Crippen MR) is 126 cm³/mol. The Balaban J connectivity index is 1.50. The number of rotatable bonds is 3. The van der Waals surface area contributed by atoms with Crippen LogP contribution in [0.3, 0.4) is 0 Å². The molecule has 142 valence electrons. The summed E-state index contributed by atoms with van der Waals surface area (Å²) in [6, 6.07) is 34.0. The zero-order valence-electron chi connectivity index (χ0n) is 16.3. The molecule has 0 saturated heterocycles. The molecular weight excluding hydrogens is 366 g/mol. The molecule has 4 aromatic carbocycles. The van der Waals surface area contributed by atoms with Gasteiger partial charge < -0.3 is 9.88 Å². The van der Waals surface area contributed by atoms with Crippen LogP contribution in [0, 0.1) is 0 Å². The van der Waals surface area contributed by atoms with Crippen LogP contribution >= 0.6 is 0 Å². The van der Waals surface area contributed by atoms with Crippen molar-refractivity contribution in [1.29, 1.82) is 0 Å². The van der Waals surface area contributed by atoms with E-state index in [2.05, 4.69) is 106 Å². The van der Waals surface area contributed by atoms with E-state index in [0.29, 0.717) is 0 Å². The molecule has 0 atom stereocenters. The third-order valence-corrected chi connectivity index (χ3v) is 5.62. The molecule has 2 heterocycles. The fourth-order valence-corrected chi connectivity index (χ4v) is 4.23. The lowest BCUT2D eigenvalue weighted by molar-refractivity contribution is 1.17. The average Bonchev–Trinajstić information content (AvgIpc) is 3.13. The van der Waals surface area contributed by atoms with Crippen molar-refractivity contribution in [3.05, 3.63) is 109 Å². The first kappa shape index (κ1) is 16.8. The fourth-order valence-electron chi connectivity index (χ4n) is 4.23. The molecule has 2 aromatic heterocycles. The van der Waals surface area contributed by atoms with Gasteiger partial charge in [-0.15, -0.1) is 0 Å². The van der Waals surface area contributed by atoms with Crippen molar-refractivity contribution in [1.82, 2.24) is 9.55 Å². The summed E-state index contributed by atoms with van der Waals surface area (Å²) in [4.78, 5) is 4.38. The summed E-state index contributed by atoms with van der Waals surface area (Å²) in [7, 11) is 0. The standard InChI is InChI=1S/C27H19N3/c1-2-8-23(9-3-1)30-26-13-12-22(17-24(26)25-18-28-15-14-27(25)30)29-21-11-10-19-6-4-5-7-20(19)16-21/h1-18,29H. The first-order chi connectivity index (χ1) is 14.9. The summed E-state index contributed by atoms with van der Waals surface area (Å²) in [6.07, 6.45) is 3.81. The third-order valence-electron chi connectivity index (χ3n) is 5.62. The van der Waals surface area contributed by atoms with Crippen LogP contribution < -0.4 is 5.32 Å². The summed E-state index contributed by atoms with van der Waals surface area (Å²) in [5.74, 6) is 0. The first-order valence-electron chi connectivity index (χ1n) is 10.1. The highest BCUT2D eigenvalue weighted by atomic mass is 15.0. The largest absolute Gasteiger partial charge is 0.355 e. The van der Waals surface area contributed by atoms with Crippen molar-refractivity contribution in [2.45, 2.75) is 0 Å². The maximum Gasteiger partial charge on any atom is 0.0571 e. The molecule has 0 aliphatic carbocycles. The number of anilines is 2. The molecule has 0 unspecified atom stereocenters. The molecule has 0 aliphatic rings. The van der Waals surface area contributed by atoms with Gasteiger partial charge >= 0.3 is 0 Å². The molecule has 0 radical (unpaired) electrons. The number of benzene rings is 4. The quantitative estimate of drug-likeness (QED) is 0.353. The number of para-hydroxylation sites is 1. The minimum atomic E-state index is 1.06. The van der Waals surface area contributed by atoms with E-state index in [-0.39, 0.29) is 0 Å². The smallest absolute Gasteiger partial charge is 0.0571 e.